The molecule has 1 heterocycles. The van der Waals surface area contributed by atoms with Gasteiger partial charge in [0.05, 0.1) is 20.8 Å². The molecule has 140 valence electrons. The first-order valence-corrected chi connectivity index (χ1v) is 7.16. The Hall–Kier alpha value is -3.50. The van der Waals surface area contributed by atoms with Crippen molar-refractivity contribution in [2.75, 3.05) is 20.8 Å². The van der Waals surface area contributed by atoms with Crippen molar-refractivity contribution >= 4 is 23.9 Å². The predicted octanol–water partition coefficient (Wildman–Crippen LogP) is -0.808. The predicted molar refractivity (Wildman–Crippen MR) is 83.2 cm³/mol. The maximum absolute atomic E-state index is 11.7. The highest BCUT2D eigenvalue weighted by Gasteiger charge is 2.16. The molecule has 0 bridgehead atoms. The van der Waals surface area contributed by atoms with E-state index in [1.807, 2.05) is 0 Å². The average molecular weight is 367 g/mol. The van der Waals surface area contributed by atoms with Crippen LogP contribution >= 0.6 is 0 Å². The molecule has 1 atom stereocenters. The summed E-state index contributed by atoms with van der Waals surface area (Å²) >= 11 is 0. The molecule has 0 aromatic carbocycles. The number of aromatic nitrogens is 3. The molecule has 26 heavy (non-hydrogen) atoms. The van der Waals surface area contributed by atoms with E-state index >= 15 is 0 Å². The zero-order chi connectivity index (χ0) is 19.4. The molecule has 0 aliphatic rings. The molecule has 1 aromatic heterocycles. The summed E-state index contributed by atoms with van der Waals surface area (Å²) in [6.07, 6.45) is 5.40. The number of methoxy groups -OCH3 is 2. The van der Waals surface area contributed by atoms with E-state index < -0.39 is 30.0 Å². The fourth-order valence-corrected chi connectivity index (χ4v) is 1.51. The van der Waals surface area contributed by atoms with E-state index in [0.29, 0.717) is 0 Å². The van der Waals surface area contributed by atoms with Crippen LogP contribution < -0.4 is 0 Å². The van der Waals surface area contributed by atoms with Gasteiger partial charge in [-0.25, -0.2) is 19.2 Å². The quantitative estimate of drug-likeness (QED) is 0.310. The lowest BCUT2D eigenvalue weighted by atomic mass is 10.3. The minimum Gasteiger partial charge on any atom is -0.466 e. The van der Waals surface area contributed by atoms with Crippen LogP contribution in [0.25, 0.3) is 0 Å². The SMILES string of the molecule is COC(=O)/C=C/C(=O)OCC(Cn1cnnc1)OC(=O)/C=C/C(=O)OC. The highest BCUT2D eigenvalue weighted by molar-refractivity contribution is 5.92. The van der Waals surface area contributed by atoms with Crippen molar-refractivity contribution in [2.24, 2.45) is 0 Å². The van der Waals surface area contributed by atoms with E-state index in [1.165, 1.54) is 17.2 Å². The molecule has 1 aromatic rings. The Morgan fingerprint density at radius 2 is 1.38 bits per heavy atom. The summed E-state index contributed by atoms with van der Waals surface area (Å²) in [5, 5.41) is 7.21. The van der Waals surface area contributed by atoms with Gasteiger partial charge in [-0.15, -0.1) is 10.2 Å². The third kappa shape index (κ3) is 8.38. The van der Waals surface area contributed by atoms with Crippen molar-refractivity contribution in [2.45, 2.75) is 12.6 Å². The van der Waals surface area contributed by atoms with E-state index in [0.717, 1.165) is 38.5 Å². The Morgan fingerprint density at radius 3 is 1.92 bits per heavy atom. The van der Waals surface area contributed by atoms with Gasteiger partial charge in [0.25, 0.3) is 0 Å². The molecule has 1 unspecified atom stereocenters. The van der Waals surface area contributed by atoms with Crippen LogP contribution in [0.15, 0.2) is 37.0 Å². The van der Waals surface area contributed by atoms with Gasteiger partial charge in [-0.3, -0.25) is 0 Å². The lowest BCUT2D eigenvalue weighted by Gasteiger charge is -2.16. The van der Waals surface area contributed by atoms with Crippen molar-refractivity contribution in [3.63, 3.8) is 0 Å². The van der Waals surface area contributed by atoms with Gasteiger partial charge in [0, 0.05) is 24.3 Å². The molecule has 11 nitrogen and oxygen atoms in total. The summed E-state index contributed by atoms with van der Waals surface area (Å²) in [7, 11) is 2.32. The van der Waals surface area contributed by atoms with Gasteiger partial charge in [-0.2, -0.15) is 0 Å². The molecule has 0 N–H and O–H groups in total. The molecule has 0 fully saturated rings. The first-order chi connectivity index (χ1) is 12.4. The Labute approximate surface area is 148 Å². The van der Waals surface area contributed by atoms with Crippen molar-refractivity contribution in [1.29, 1.82) is 0 Å². The molecule has 0 aliphatic heterocycles. The number of hydrogen-bond donors (Lipinski definition) is 0. The molecule has 1 rings (SSSR count). The lowest BCUT2D eigenvalue weighted by molar-refractivity contribution is -0.153. The van der Waals surface area contributed by atoms with E-state index in [4.69, 9.17) is 9.47 Å². The monoisotopic (exact) mass is 367 g/mol. The Bertz CT molecular complexity index is 681. The highest BCUT2D eigenvalue weighted by atomic mass is 16.6. The fourth-order valence-electron chi connectivity index (χ4n) is 1.51. The number of esters is 4. The van der Waals surface area contributed by atoms with E-state index in [2.05, 4.69) is 19.7 Å². The van der Waals surface area contributed by atoms with Crippen molar-refractivity contribution < 1.29 is 38.1 Å². The maximum Gasteiger partial charge on any atom is 0.331 e. The molecule has 11 heteroatoms. The fraction of sp³-hybridized carbons (Fsp3) is 0.333. The van der Waals surface area contributed by atoms with Crippen molar-refractivity contribution in [1.82, 2.24) is 14.8 Å². The van der Waals surface area contributed by atoms with Crippen LogP contribution in [0.1, 0.15) is 0 Å². The smallest absolute Gasteiger partial charge is 0.331 e. The van der Waals surface area contributed by atoms with E-state index in [1.54, 1.807) is 0 Å². The molecule has 0 saturated carbocycles. The number of ether oxygens (including phenoxy) is 4. The van der Waals surface area contributed by atoms with Gasteiger partial charge >= 0.3 is 23.9 Å². The molecular weight excluding hydrogens is 350 g/mol. The highest BCUT2D eigenvalue weighted by Crippen LogP contribution is 2.01. The van der Waals surface area contributed by atoms with Crippen molar-refractivity contribution in [3.8, 4) is 0 Å². The Kier molecular flexibility index (Phi) is 8.79. The van der Waals surface area contributed by atoms with E-state index in [9.17, 15) is 19.2 Å². The van der Waals surface area contributed by atoms with Gasteiger partial charge in [0.2, 0.25) is 0 Å². The topological polar surface area (TPSA) is 136 Å². The zero-order valence-corrected chi connectivity index (χ0v) is 14.1. The Morgan fingerprint density at radius 1 is 0.885 bits per heavy atom. The molecule has 0 amide bonds. The molecular formula is C15H17N3O8. The van der Waals surface area contributed by atoms with Gasteiger partial charge in [-0.05, 0) is 0 Å². The lowest BCUT2D eigenvalue weighted by Crippen LogP contribution is -2.28. The summed E-state index contributed by atoms with van der Waals surface area (Å²) in [6, 6.07) is 0. The van der Waals surface area contributed by atoms with Crippen LogP contribution in [0.4, 0.5) is 0 Å². The molecule has 0 saturated heterocycles. The summed E-state index contributed by atoms with van der Waals surface area (Å²) in [5.74, 6) is -3.11. The second kappa shape index (κ2) is 11.1. The zero-order valence-electron chi connectivity index (χ0n) is 14.1. The second-order valence-electron chi connectivity index (χ2n) is 4.56. The number of nitrogens with zero attached hydrogens (tertiary/aromatic N) is 3. The first kappa shape index (κ1) is 20.5. The third-order valence-electron chi connectivity index (χ3n) is 2.69. The van der Waals surface area contributed by atoms with Crippen LogP contribution in [0.3, 0.4) is 0 Å². The van der Waals surface area contributed by atoms with Gasteiger partial charge in [-0.1, -0.05) is 0 Å². The van der Waals surface area contributed by atoms with Gasteiger partial charge < -0.3 is 23.5 Å². The largest absolute Gasteiger partial charge is 0.466 e. The number of carbonyl (C=O) groups is 4. The minimum atomic E-state index is -0.892. The summed E-state index contributed by atoms with van der Waals surface area (Å²) in [4.78, 5) is 45.2. The number of carbonyl (C=O) groups excluding carboxylic acids is 4. The van der Waals surface area contributed by atoms with Crippen LogP contribution in [-0.4, -0.2) is 65.6 Å². The first-order valence-electron chi connectivity index (χ1n) is 7.16. The van der Waals surface area contributed by atoms with Crippen LogP contribution in [0.2, 0.25) is 0 Å². The summed E-state index contributed by atoms with van der Waals surface area (Å²) < 4.78 is 20.2. The standard InChI is InChI=1S/C15H17N3O8/c1-23-12(19)3-5-14(21)25-8-11(7-18-9-16-17-10-18)26-15(22)6-4-13(20)24-2/h3-6,9-11H,7-8H2,1-2H3/b5-3+,6-4+. The number of hydrogen-bond acceptors (Lipinski definition) is 10. The molecule has 0 aliphatic carbocycles. The molecule has 0 spiro atoms. The van der Waals surface area contributed by atoms with Crippen LogP contribution in [0, 0.1) is 0 Å². The second-order valence-corrected chi connectivity index (χ2v) is 4.56. The van der Waals surface area contributed by atoms with Crippen LogP contribution in [0.5, 0.6) is 0 Å². The average Bonchev–Trinajstić information content (AvgIpc) is 3.14. The summed E-state index contributed by atoms with van der Waals surface area (Å²) in [5.41, 5.74) is 0. The van der Waals surface area contributed by atoms with E-state index in [-0.39, 0.29) is 13.2 Å². The molecule has 0 radical (unpaired) electrons. The number of rotatable bonds is 9. The van der Waals surface area contributed by atoms with Crippen molar-refractivity contribution in [3.05, 3.63) is 37.0 Å². The Balaban J connectivity index is 2.64. The minimum absolute atomic E-state index is 0.0960. The normalized spacial score (nSPS) is 11.9. The summed E-state index contributed by atoms with van der Waals surface area (Å²) in [6.45, 7) is -0.209. The van der Waals surface area contributed by atoms with Gasteiger partial charge in [0.1, 0.15) is 19.3 Å². The maximum atomic E-state index is 11.7. The third-order valence-corrected chi connectivity index (χ3v) is 2.69. The van der Waals surface area contributed by atoms with Crippen LogP contribution in [-0.2, 0) is 44.7 Å². The van der Waals surface area contributed by atoms with Gasteiger partial charge in [0.15, 0.2) is 6.10 Å².